The molecule has 0 bridgehead atoms. The Morgan fingerprint density at radius 3 is 2.67 bits per heavy atom. The second-order valence-electron chi connectivity index (χ2n) is 4.67. The molecule has 0 spiro atoms. The summed E-state index contributed by atoms with van der Waals surface area (Å²) in [5.74, 6) is 0. The third-order valence-corrected chi connectivity index (χ3v) is 4.41. The zero-order chi connectivity index (χ0) is 14.8. The molecular weight excluding hydrogens is 359 g/mol. The summed E-state index contributed by atoms with van der Waals surface area (Å²) in [6.07, 6.45) is 0.721. The summed E-state index contributed by atoms with van der Waals surface area (Å²) in [6, 6.07) is 4.78. The summed E-state index contributed by atoms with van der Waals surface area (Å²) >= 11 is 11.9. The van der Waals surface area contributed by atoms with Crippen molar-refractivity contribution >= 4 is 45.6 Å². The topological polar surface area (TPSA) is 67.4 Å². The van der Waals surface area contributed by atoms with Gasteiger partial charge in [-0.15, -0.1) is 12.4 Å². The van der Waals surface area contributed by atoms with E-state index >= 15 is 0 Å². The van der Waals surface area contributed by atoms with Gasteiger partial charge in [-0.2, -0.15) is 0 Å². The van der Waals surface area contributed by atoms with E-state index in [1.807, 2.05) is 0 Å². The average molecular weight is 376 g/mol. The molecule has 1 fully saturated rings. The van der Waals surface area contributed by atoms with Gasteiger partial charge in [0.25, 0.3) is 0 Å². The van der Waals surface area contributed by atoms with Crippen molar-refractivity contribution in [2.45, 2.75) is 12.1 Å². The van der Waals surface area contributed by atoms with E-state index in [2.05, 4.69) is 10.0 Å². The number of hydrogen-bond donors (Lipinski definition) is 2. The molecule has 5 nitrogen and oxygen atoms in total. The first-order valence-electron chi connectivity index (χ1n) is 6.11. The molecule has 2 atom stereocenters. The highest BCUT2D eigenvalue weighted by Crippen LogP contribution is 2.29. The molecule has 1 aliphatic heterocycles. The van der Waals surface area contributed by atoms with E-state index in [1.165, 1.54) is 0 Å². The number of nitrogens with one attached hydrogen (secondary N) is 2. The molecule has 1 aromatic carbocycles. The van der Waals surface area contributed by atoms with Crippen LogP contribution in [-0.4, -0.2) is 40.4 Å². The van der Waals surface area contributed by atoms with E-state index in [9.17, 15) is 8.42 Å². The van der Waals surface area contributed by atoms with E-state index in [0.29, 0.717) is 29.7 Å². The summed E-state index contributed by atoms with van der Waals surface area (Å²) in [7, 11) is -3.33. The van der Waals surface area contributed by atoms with Crippen LogP contribution >= 0.6 is 35.6 Å². The lowest BCUT2D eigenvalue weighted by Crippen LogP contribution is -2.44. The largest absolute Gasteiger partial charge is 0.370 e. The zero-order valence-electron chi connectivity index (χ0n) is 11.3. The van der Waals surface area contributed by atoms with Crippen molar-refractivity contribution < 1.29 is 13.2 Å². The van der Waals surface area contributed by atoms with Crippen LogP contribution in [-0.2, 0) is 14.8 Å². The van der Waals surface area contributed by atoms with Gasteiger partial charge in [0.05, 0.1) is 28.9 Å². The third-order valence-electron chi connectivity index (χ3n) is 2.94. The van der Waals surface area contributed by atoms with Crippen molar-refractivity contribution in [2.24, 2.45) is 0 Å². The smallest absolute Gasteiger partial charge is 0.209 e. The average Bonchev–Trinajstić information content (AvgIpc) is 2.56. The Bertz CT molecular complexity index is 583. The Hall–Kier alpha value is -0.0800. The minimum absolute atomic E-state index is 0. The van der Waals surface area contributed by atoms with Crippen LogP contribution in [0.1, 0.15) is 11.7 Å². The highest BCUT2D eigenvalue weighted by molar-refractivity contribution is 7.88. The molecular formula is C12H17Cl3N2O3S. The van der Waals surface area contributed by atoms with Crippen LogP contribution in [0.25, 0.3) is 0 Å². The van der Waals surface area contributed by atoms with Crippen molar-refractivity contribution in [1.82, 2.24) is 10.0 Å². The third kappa shape index (κ3) is 5.56. The Labute approximate surface area is 140 Å². The maximum atomic E-state index is 11.5. The highest BCUT2D eigenvalue weighted by atomic mass is 35.5. The molecule has 21 heavy (non-hydrogen) atoms. The molecule has 120 valence electrons. The first-order chi connectivity index (χ1) is 9.37. The first-order valence-corrected chi connectivity index (χ1v) is 8.76. The number of hydrogen-bond acceptors (Lipinski definition) is 4. The Morgan fingerprint density at radius 2 is 2.05 bits per heavy atom. The zero-order valence-corrected chi connectivity index (χ0v) is 14.5. The van der Waals surface area contributed by atoms with Crippen LogP contribution in [0.5, 0.6) is 0 Å². The van der Waals surface area contributed by atoms with Gasteiger partial charge in [-0.1, -0.05) is 29.3 Å². The van der Waals surface area contributed by atoms with E-state index in [1.54, 1.807) is 18.2 Å². The molecule has 0 aliphatic carbocycles. The molecule has 0 aromatic heterocycles. The van der Waals surface area contributed by atoms with E-state index < -0.39 is 22.2 Å². The van der Waals surface area contributed by atoms with Gasteiger partial charge in [0.2, 0.25) is 10.0 Å². The van der Waals surface area contributed by atoms with Crippen LogP contribution in [0, 0.1) is 0 Å². The van der Waals surface area contributed by atoms with Gasteiger partial charge in [-0.3, -0.25) is 0 Å². The number of halogens is 3. The van der Waals surface area contributed by atoms with Crippen molar-refractivity contribution in [3.8, 4) is 0 Å². The maximum absolute atomic E-state index is 11.5. The van der Waals surface area contributed by atoms with E-state index in [4.69, 9.17) is 27.9 Å². The van der Waals surface area contributed by atoms with Crippen molar-refractivity contribution in [3.05, 3.63) is 33.8 Å². The predicted molar refractivity (Wildman–Crippen MR) is 87.0 cm³/mol. The normalized spacial score (nSPS) is 23.2. The van der Waals surface area contributed by atoms with E-state index in [0.717, 1.165) is 11.8 Å². The molecule has 2 rings (SSSR count). The van der Waals surface area contributed by atoms with Crippen molar-refractivity contribution in [2.75, 3.05) is 26.0 Å². The fourth-order valence-corrected chi connectivity index (χ4v) is 3.20. The molecule has 1 saturated heterocycles. The van der Waals surface area contributed by atoms with Gasteiger partial charge < -0.3 is 10.1 Å². The number of rotatable bonds is 3. The van der Waals surface area contributed by atoms with Gasteiger partial charge in [0.1, 0.15) is 6.10 Å². The number of benzene rings is 1. The minimum atomic E-state index is -3.33. The minimum Gasteiger partial charge on any atom is -0.370 e. The lowest BCUT2D eigenvalue weighted by molar-refractivity contribution is 0.0494. The monoisotopic (exact) mass is 374 g/mol. The Balaban J connectivity index is 0.00000220. The summed E-state index contributed by atoms with van der Waals surface area (Å²) in [5.41, 5.74) is 0.796. The standard InChI is InChI=1S/C12H16Cl2N2O3S.ClH/c1-20(17,18)16-11-7-15-4-5-19-12(11)8-2-3-9(13)10(14)6-8;/h2-3,6,11-12,15-16H,4-5,7H2,1H3;1H/t11-,12+;/m1./s1. The molecule has 1 aliphatic rings. The van der Waals surface area contributed by atoms with Crippen LogP contribution in [0.15, 0.2) is 18.2 Å². The van der Waals surface area contributed by atoms with Gasteiger partial charge in [-0.05, 0) is 17.7 Å². The Kier molecular flexibility index (Phi) is 7.19. The molecule has 0 saturated carbocycles. The first kappa shape index (κ1) is 19.0. The number of sulfonamides is 1. The van der Waals surface area contributed by atoms with Gasteiger partial charge in [0.15, 0.2) is 0 Å². The highest BCUT2D eigenvalue weighted by Gasteiger charge is 2.28. The summed E-state index contributed by atoms with van der Waals surface area (Å²) in [6.45, 7) is 1.64. The van der Waals surface area contributed by atoms with Crippen LogP contribution in [0.3, 0.4) is 0 Å². The molecule has 0 amide bonds. The molecule has 0 radical (unpaired) electrons. The molecule has 0 unspecified atom stereocenters. The fraction of sp³-hybridized carbons (Fsp3) is 0.500. The maximum Gasteiger partial charge on any atom is 0.209 e. The van der Waals surface area contributed by atoms with Crippen molar-refractivity contribution in [1.29, 1.82) is 0 Å². The lowest BCUT2D eigenvalue weighted by Gasteiger charge is -2.25. The number of ether oxygens (including phenoxy) is 1. The molecule has 9 heteroatoms. The Morgan fingerprint density at radius 1 is 1.33 bits per heavy atom. The second-order valence-corrected chi connectivity index (χ2v) is 7.26. The second kappa shape index (κ2) is 7.97. The molecule has 2 N–H and O–H groups in total. The van der Waals surface area contributed by atoms with Gasteiger partial charge in [0, 0.05) is 13.1 Å². The summed E-state index contributed by atoms with van der Waals surface area (Å²) in [4.78, 5) is 0. The predicted octanol–water partition coefficient (Wildman–Crippen LogP) is 1.99. The van der Waals surface area contributed by atoms with Gasteiger partial charge >= 0.3 is 0 Å². The van der Waals surface area contributed by atoms with Crippen LogP contribution in [0.4, 0.5) is 0 Å². The quantitative estimate of drug-likeness (QED) is 0.848. The summed E-state index contributed by atoms with van der Waals surface area (Å²) in [5, 5.41) is 4.01. The summed E-state index contributed by atoms with van der Waals surface area (Å²) < 4.78 is 31.3. The van der Waals surface area contributed by atoms with Crippen LogP contribution < -0.4 is 10.0 Å². The van der Waals surface area contributed by atoms with E-state index in [-0.39, 0.29) is 12.4 Å². The van der Waals surface area contributed by atoms with Crippen molar-refractivity contribution in [3.63, 3.8) is 0 Å². The molecule has 1 aromatic rings. The lowest BCUT2D eigenvalue weighted by atomic mass is 10.0. The SMILES string of the molecule is CS(=O)(=O)N[C@@H]1CNCCO[C@H]1c1ccc(Cl)c(Cl)c1.Cl. The van der Waals surface area contributed by atoms with Gasteiger partial charge in [-0.25, -0.2) is 13.1 Å². The fourth-order valence-electron chi connectivity index (χ4n) is 2.14. The van der Waals surface area contributed by atoms with Crippen LogP contribution in [0.2, 0.25) is 10.0 Å². The molecule has 1 heterocycles.